The molecule has 2 unspecified atom stereocenters. The lowest BCUT2D eigenvalue weighted by atomic mass is 9.73. The van der Waals surface area contributed by atoms with Gasteiger partial charge in [0, 0.05) is 24.4 Å². The van der Waals surface area contributed by atoms with E-state index in [1.165, 1.54) is 11.3 Å². The van der Waals surface area contributed by atoms with E-state index in [1.54, 1.807) is 13.2 Å². The van der Waals surface area contributed by atoms with Crippen LogP contribution in [0.2, 0.25) is 0 Å². The molecule has 2 aliphatic heterocycles. The van der Waals surface area contributed by atoms with Crippen molar-refractivity contribution < 1.29 is 28.9 Å². The maximum atomic E-state index is 13.3. The molecule has 4 rings (SSSR count). The molecule has 2 aliphatic rings. The van der Waals surface area contributed by atoms with E-state index >= 15 is 0 Å². The number of aliphatic hydroxyl groups is 1. The van der Waals surface area contributed by atoms with Gasteiger partial charge >= 0.3 is 5.97 Å². The largest absolute Gasteiger partial charge is 0.493 e. The third-order valence-electron chi connectivity index (χ3n) is 6.26. The van der Waals surface area contributed by atoms with Gasteiger partial charge in [-0.15, -0.1) is 11.3 Å². The molecule has 0 saturated carbocycles. The minimum Gasteiger partial charge on any atom is -0.493 e. The van der Waals surface area contributed by atoms with Crippen molar-refractivity contribution in [2.45, 2.75) is 50.7 Å². The summed E-state index contributed by atoms with van der Waals surface area (Å²) in [6, 6.07) is 7.00. The normalized spacial score (nSPS) is 21.1. The van der Waals surface area contributed by atoms with Crippen LogP contribution in [0.5, 0.6) is 11.5 Å². The summed E-state index contributed by atoms with van der Waals surface area (Å²) in [5.41, 5.74) is 6.36. The number of nitrogens with zero attached hydrogens (tertiary/aromatic N) is 1. The third-order valence-corrected chi connectivity index (χ3v) is 7.28. The number of fused-ring (bicyclic) bond motifs is 3. The Balaban J connectivity index is 1.89. The molecule has 0 spiro atoms. The van der Waals surface area contributed by atoms with E-state index < -0.39 is 28.9 Å². The molecular formula is C26H32N2O6S. The van der Waals surface area contributed by atoms with Gasteiger partial charge in [0.1, 0.15) is 16.7 Å². The second-order valence-electron chi connectivity index (χ2n) is 9.72. The van der Waals surface area contributed by atoms with Crippen LogP contribution in [0.1, 0.15) is 49.2 Å². The first-order chi connectivity index (χ1) is 16.6. The second-order valence-corrected chi connectivity index (χ2v) is 10.7. The molecule has 0 aliphatic carbocycles. The highest BCUT2D eigenvalue weighted by Crippen LogP contribution is 2.54. The molecule has 0 saturated heterocycles. The number of benzene rings is 1. The van der Waals surface area contributed by atoms with E-state index in [0.29, 0.717) is 43.2 Å². The van der Waals surface area contributed by atoms with Gasteiger partial charge in [-0.2, -0.15) is 0 Å². The molecule has 0 fully saturated rings. The molecule has 1 amide bonds. The molecule has 1 aromatic heterocycles. The molecule has 3 heterocycles. The van der Waals surface area contributed by atoms with Crippen LogP contribution in [0.15, 0.2) is 41.4 Å². The first-order valence-corrected chi connectivity index (χ1v) is 12.5. The fourth-order valence-corrected chi connectivity index (χ4v) is 5.75. The second kappa shape index (κ2) is 9.54. The number of esters is 1. The van der Waals surface area contributed by atoms with E-state index in [9.17, 15) is 9.59 Å². The summed E-state index contributed by atoms with van der Waals surface area (Å²) in [7, 11) is 1.58. The molecule has 9 heteroatoms. The van der Waals surface area contributed by atoms with E-state index in [1.807, 2.05) is 55.3 Å². The van der Waals surface area contributed by atoms with Crippen molar-refractivity contribution in [1.29, 1.82) is 0 Å². The van der Waals surface area contributed by atoms with Crippen LogP contribution in [-0.2, 0) is 26.2 Å². The predicted octanol–water partition coefficient (Wildman–Crippen LogP) is 3.08. The molecule has 0 radical (unpaired) electrons. The van der Waals surface area contributed by atoms with Gasteiger partial charge in [-0.1, -0.05) is 6.07 Å². The van der Waals surface area contributed by atoms with Gasteiger partial charge in [-0.05, 0) is 68.0 Å². The molecule has 35 heavy (non-hydrogen) atoms. The standard InChI is InChI=1S/C26H32N2O6S/c1-25(2,3)34-23(30)18-15-26(24(27)31,21-7-5-12-35-21)22-17-14-20(33-11-6-10-29)19(32-4)13-16(17)8-9-28(18)22/h5,7,12-15,22,29H,6,8-11H2,1-4H3,(H2,27,31). The topological polar surface area (TPSA) is 111 Å². The lowest BCUT2D eigenvalue weighted by Crippen LogP contribution is -2.48. The number of hydrogen-bond acceptors (Lipinski definition) is 8. The first kappa shape index (κ1) is 25.1. The fourth-order valence-electron chi connectivity index (χ4n) is 4.83. The highest BCUT2D eigenvalue weighted by Gasteiger charge is 2.57. The molecule has 1 aromatic carbocycles. The van der Waals surface area contributed by atoms with Crippen molar-refractivity contribution in [3.8, 4) is 11.5 Å². The van der Waals surface area contributed by atoms with Crippen LogP contribution in [0.3, 0.4) is 0 Å². The molecule has 188 valence electrons. The van der Waals surface area contributed by atoms with E-state index in [0.717, 1.165) is 16.0 Å². The Bertz CT molecular complexity index is 1140. The Labute approximate surface area is 209 Å². The zero-order valence-electron chi connectivity index (χ0n) is 20.5. The maximum Gasteiger partial charge on any atom is 0.354 e. The fraction of sp³-hybridized carbons (Fsp3) is 0.462. The van der Waals surface area contributed by atoms with Crippen LogP contribution >= 0.6 is 11.3 Å². The van der Waals surface area contributed by atoms with Crippen LogP contribution in [-0.4, -0.2) is 54.4 Å². The zero-order valence-corrected chi connectivity index (χ0v) is 21.3. The van der Waals surface area contributed by atoms with Crippen molar-refractivity contribution in [3.63, 3.8) is 0 Å². The number of carbonyl (C=O) groups excluding carboxylic acids is 2. The number of rotatable bonds is 8. The first-order valence-electron chi connectivity index (χ1n) is 11.6. The summed E-state index contributed by atoms with van der Waals surface area (Å²) >= 11 is 1.43. The number of aliphatic hydroxyl groups excluding tert-OH is 1. The van der Waals surface area contributed by atoms with Gasteiger partial charge in [0.25, 0.3) is 0 Å². The number of nitrogens with two attached hydrogens (primary N) is 1. The SMILES string of the molecule is COc1cc2c(cc1OCCCO)C1N(CC2)C(C(=O)OC(C)(C)C)=CC1(C(N)=O)c1cccs1. The van der Waals surface area contributed by atoms with Crippen LogP contribution in [0, 0.1) is 0 Å². The summed E-state index contributed by atoms with van der Waals surface area (Å²) in [5, 5.41) is 11.1. The van der Waals surface area contributed by atoms with Crippen molar-refractivity contribution in [1.82, 2.24) is 4.90 Å². The summed E-state index contributed by atoms with van der Waals surface area (Å²) in [4.78, 5) is 29.3. The van der Waals surface area contributed by atoms with Crippen molar-refractivity contribution in [2.24, 2.45) is 5.73 Å². The molecule has 3 N–H and O–H groups in total. The summed E-state index contributed by atoms with van der Waals surface area (Å²) in [6.45, 7) is 6.27. The average Bonchev–Trinajstić information content (AvgIpc) is 3.44. The number of methoxy groups -OCH3 is 1. The molecule has 2 atom stereocenters. The van der Waals surface area contributed by atoms with E-state index in [4.69, 9.17) is 25.1 Å². The minimum atomic E-state index is -1.26. The van der Waals surface area contributed by atoms with Gasteiger partial charge in [0.2, 0.25) is 5.91 Å². The summed E-state index contributed by atoms with van der Waals surface area (Å²) in [6.07, 6.45) is 2.80. The Morgan fingerprint density at radius 3 is 2.66 bits per heavy atom. The Kier molecular flexibility index (Phi) is 6.83. The van der Waals surface area contributed by atoms with Crippen LogP contribution in [0.25, 0.3) is 0 Å². The van der Waals surface area contributed by atoms with E-state index in [-0.39, 0.29) is 6.61 Å². The van der Waals surface area contributed by atoms with E-state index in [2.05, 4.69) is 0 Å². The minimum absolute atomic E-state index is 0.00991. The van der Waals surface area contributed by atoms with Crippen LogP contribution < -0.4 is 15.2 Å². The van der Waals surface area contributed by atoms with Gasteiger partial charge in [0.15, 0.2) is 11.5 Å². The predicted molar refractivity (Wildman–Crippen MR) is 132 cm³/mol. The Morgan fingerprint density at radius 2 is 2.06 bits per heavy atom. The highest BCUT2D eigenvalue weighted by molar-refractivity contribution is 7.10. The molecular weight excluding hydrogens is 468 g/mol. The Hall–Kier alpha value is -3.04. The number of thiophene rings is 1. The quantitative estimate of drug-likeness (QED) is 0.423. The Morgan fingerprint density at radius 1 is 1.29 bits per heavy atom. The lowest BCUT2D eigenvalue weighted by molar-refractivity contribution is -0.152. The average molecular weight is 501 g/mol. The summed E-state index contributed by atoms with van der Waals surface area (Å²) in [5.74, 6) is 0.0598. The maximum absolute atomic E-state index is 13.3. The number of primary amides is 1. The molecule has 2 aromatic rings. The van der Waals surface area contributed by atoms with Gasteiger partial charge in [0.05, 0.1) is 19.8 Å². The monoisotopic (exact) mass is 500 g/mol. The third kappa shape index (κ3) is 4.50. The smallest absolute Gasteiger partial charge is 0.354 e. The van der Waals surface area contributed by atoms with Gasteiger partial charge in [-0.3, -0.25) is 4.79 Å². The summed E-state index contributed by atoms with van der Waals surface area (Å²) < 4.78 is 17.2. The van der Waals surface area contributed by atoms with Crippen molar-refractivity contribution in [3.05, 3.63) is 57.4 Å². The van der Waals surface area contributed by atoms with Crippen molar-refractivity contribution in [2.75, 3.05) is 26.9 Å². The highest BCUT2D eigenvalue weighted by atomic mass is 32.1. The zero-order chi connectivity index (χ0) is 25.4. The number of ether oxygens (including phenoxy) is 3. The molecule has 8 nitrogen and oxygen atoms in total. The number of amides is 1. The number of hydrogen-bond donors (Lipinski definition) is 2. The lowest BCUT2D eigenvalue weighted by Gasteiger charge is -2.42. The number of carbonyl (C=O) groups is 2. The molecule has 0 bridgehead atoms. The van der Waals surface area contributed by atoms with Crippen molar-refractivity contribution >= 4 is 23.2 Å². The van der Waals surface area contributed by atoms with Crippen LogP contribution in [0.4, 0.5) is 0 Å². The van der Waals surface area contributed by atoms with Gasteiger partial charge < -0.3 is 30.0 Å². The van der Waals surface area contributed by atoms with Gasteiger partial charge in [-0.25, -0.2) is 4.79 Å².